The van der Waals surface area contributed by atoms with Crippen LogP contribution in [0, 0.1) is 12.8 Å². The van der Waals surface area contributed by atoms with E-state index in [0.717, 1.165) is 18.1 Å². The predicted octanol–water partition coefficient (Wildman–Crippen LogP) is 1.15. The van der Waals surface area contributed by atoms with E-state index in [1.54, 1.807) is 0 Å². The average Bonchev–Trinajstić information content (AvgIpc) is 2.64. The maximum atomic E-state index is 5.40. The number of nitrogens with one attached hydrogen (secondary N) is 2. The fraction of sp³-hybridized carbons (Fsp3) is 0.545. The molecule has 0 radical (unpaired) electrons. The van der Waals surface area contributed by atoms with Gasteiger partial charge in [-0.2, -0.15) is 0 Å². The SMILES string of the molecule is Cc1ccc(CN=C(NN)NCC(C)C)o1. The number of guanidine groups is 1. The molecule has 0 aliphatic heterocycles. The van der Waals surface area contributed by atoms with Gasteiger partial charge in [0.15, 0.2) is 0 Å². The highest BCUT2D eigenvalue weighted by molar-refractivity contribution is 5.79. The van der Waals surface area contributed by atoms with Crippen molar-refractivity contribution in [2.45, 2.75) is 27.3 Å². The normalized spacial score (nSPS) is 11.9. The minimum Gasteiger partial charge on any atom is -0.464 e. The van der Waals surface area contributed by atoms with Crippen LogP contribution in [-0.4, -0.2) is 12.5 Å². The van der Waals surface area contributed by atoms with Crippen LogP contribution in [0.15, 0.2) is 21.5 Å². The Hall–Kier alpha value is -1.49. The Kier molecular flexibility index (Phi) is 4.85. The van der Waals surface area contributed by atoms with Crippen molar-refractivity contribution >= 4 is 5.96 Å². The summed E-state index contributed by atoms with van der Waals surface area (Å²) in [5, 5.41) is 3.12. The van der Waals surface area contributed by atoms with Gasteiger partial charge >= 0.3 is 0 Å². The number of furan rings is 1. The van der Waals surface area contributed by atoms with E-state index < -0.39 is 0 Å². The molecule has 0 aliphatic rings. The third-order valence-electron chi connectivity index (χ3n) is 2.00. The van der Waals surface area contributed by atoms with E-state index in [0.29, 0.717) is 18.4 Å². The number of aryl methyl sites for hydroxylation is 1. The zero-order valence-corrected chi connectivity index (χ0v) is 10.1. The molecule has 0 spiro atoms. The molecule has 1 heterocycles. The maximum absolute atomic E-state index is 5.40. The highest BCUT2D eigenvalue weighted by atomic mass is 16.3. The molecule has 0 bridgehead atoms. The molecule has 90 valence electrons. The summed E-state index contributed by atoms with van der Waals surface area (Å²) in [6.07, 6.45) is 0. The molecule has 1 aromatic heterocycles. The van der Waals surface area contributed by atoms with Crippen molar-refractivity contribution in [2.75, 3.05) is 6.54 Å². The van der Waals surface area contributed by atoms with Crippen molar-refractivity contribution in [3.8, 4) is 0 Å². The van der Waals surface area contributed by atoms with Gasteiger partial charge in [0, 0.05) is 6.54 Å². The first-order valence-corrected chi connectivity index (χ1v) is 5.42. The van der Waals surface area contributed by atoms with Gasteiger partial charge in [-0.3, -0.25) is 5.43 Å². The Bertz CT molecular complexity index is 344. The quantitative estimate of drug-likeness (QED) is 0.310. The zero-order chi connectivity index (χ0) is 12.0. The monoisotopic (exact) mass is 224 g/mol. The number of hydrazine groups is 1. The minimum atomic E-state index is 0.485. The van der Waals surface area contributed by atoms with Gasteiger partial charge in [0.2, 0.25) is 5.96 Å². The molecule has 0 amide bonds. The maximum Gasteiger partial charge on any atom is 0.206 e. The molecule has 4 N–H and O–H groups in total. The Labute approximate surface area is 96.1 Å². The van der Waals surface area contributed by atoms with Gasteiger partial charge in [0.1, 0.15) is 18.1 Å². The summed E-state index contributed by atoms with van der Waals surface area (Å²) >= 11 is 0. The molecule has 1 rings (SSSR count). The van der Waals surface area contributed by atoms with Crippen LogP contribution in [0.25, 0.3) is 0 Å². The highest BCUT2D eigenvalue weighted by Gasteiger charge is 2.00. The first-order valence-electron chi connectivity index (χ1n) is 5.42. The molecule has 5 nitrogen and oxygen atoms in total. The van der Waals surface area contributed by atoms with Gasteiger partial charge < -0.3 is 9.73 Å². The Balaban J connectivity index is 2.46. The third kappa shape index (κ3) is 4.35. The molecule has 0 fully saturated rings. The van der Waals surface area contributed by atoms with Gasteiger partial charge in [0.25, 0.3) is 0 Å². The van der Waals surface area contributed by atoms with Crippen molar-refractivity contribution in [1.29, 1.82) is 0 Å². The van der Waals surface area contributed by atoms with Crippen molar-refractivity contribution in [3.05, 3.63) is 23.7 Å². The fourth-order valence-corrected chi connectivity index (χ4v) is 1.18. The molecule has 1 aromatic rings. The zero-order valence-electron chi connectivity index (χ0n) is 10.1. The van der Waals surface area contributed by atoms with Gasteiger partial charge in [0.05, 0.1) is 0 Å². The first kappa shape index (κ1) is 12.6. The summed E-state index contributed by atoms with van der Waals surface area (Å²) in [5.41, 5.74) is 2.53. The van der Waals surface area contributed by atoms with Crippen LogP contribution >= 0.6 is 0 Å². The summed E-state index contributed by atoms with van der Waals surface area (Å²) in [6, 6.07) is 3.83. The lowest BCUT2D eigenvalue weighted by Crippen LogP contribution is -2.42. The van der Waals surface area contributed by atoms with E-state index >= 15 is 0 Å². The van der Waals surface area contributed by atoms with Crippen LogP contribution in [0.5, 0.6) is 0 Å². The Morgan fingerprint density at radius 2 is 2.25 bits per heavy atom. The fourth-order valence-electron chi connectivity index (χ4n) is 1.18. The number of nitrogens with zero attached hydrogens (tertiary/aromatic N) is 1. The number of aliphatic imine (C=N–C) groups is 1. The lowest BCUT2D eigenvalue weighted by Gasteiger charge is -2.10. The molecular formula is C11H20N4O. The van der Waals surface area contributed by atoms with Gasteiger partial charge in [-0.05, 0) is 25.0 Å². The van der Waals surface area contributed by atoms with Crippen LogP contribution in [-0.2, 0) is 6.54 Å². The number of hydrogen-bond acceptors (Lipinski definition) is 3. The topological polar surface area (TPSA) is 75.6 Å². The standard InChI is InChI=1S/C11H20N4O/c1-8(2)6-13-11(15-12)14-7-10-5-4-9(3)16-10/h4-5,8H,6-7,12H2,1-3H3,(H2,13,14,15). The largest absolute Gasteiger partial charge is 0.464 e. The minimum absolute atomic E-state index is 0.485. The van der Waals surface area contributed by atoms with Crippen molar-refractivity contribution in [1.82, 2.24) is 10.7 Å². The predicted molar refractivity (Wildman–Crippen MR) is 64.7 cm³/mol. The second-order valence-electron chi connectivity index (χ2n) is 4.10. The lowest BCUT2D eigenvalue weighted by atomic mass is 10.2. The van der Waals surface area contributed by atoms with Crippen LogP contribution in [0.2, 0.25) is 0 Å². The Morgan fingerprint density at radius 1 is 1.50 bits per heavy atom. The molecule has 0 aromatic carbocycles. The van der Waals surface area contributed by atoms with Gasteiger partial charge in [-0.1, -0.05) is 13.8 Å². The second kappa shape index (κ2) is 6.17. The van der Waals surface area contributed by atoms with Gasteiger partial charge in [-0.25, -0.2) is 10.8 Å². The van der Waals surface area contributed by atoms with E-state index in [1.807, 2.05) is 19.1 Å². The molecule has 0 saturated heterocycles. The molecule has 0 saturated carbocycles. The molecule has 5 heteroatoms. The molecule has 0 aliphatic carbocycles. The molecule has 16 heavy (non-hydrogen) atoms. The molecular weight excluding hydrogens is 204 g/mol. The smallest absolute Gasteiger partial charge is 0.206 e. The molecule has 0 atom stereocenters. The van der Waals surface area contributed by atoms with E-state index in [9.17, 15) is 0 Å². The second-order valence-corrected chi connectivity index (χ2v) is 4.10. The number of nitrogens with two attached hydrogens (primary N) is 1. The summed E-state index contributed by atoms with van der Waals surface area (Å²) < 4.78 is 5.40. The first-order chi connectivity index (χ1) is 7.61. The van der Waals surface area contributed by atoms with Crippen LogP contribution in [0.3, 0.4) is 0 Å². The van der Waals surface area contributed by atoms with E-state index in [4.69, 9.17) is 10.3 Å². The van der Waals surface area contributed by atoms with Crippen LogP contribution in [0.4, 0.5) is 0 Å². The lowest BCUT2D eigenvalue weighted by molar-refractivity contribution is 0.485. The van der Waals surface area contributed by atoms with E-state index in [-0.39, 0.29) is 0 Å². The van der Waals surface area contributed by atoms with Crippen molar-refractivity contribution in [2.24, 2.45) is 16.8 Å². The number of rotatable bonds is 4. The van der Waals surface area contributed by atoms with E-state index in [2.05, 4.69) is 29.6 Å². The summed E-state index contributed by atoms with van der Waals surface area (Å²) in [6.45, 7) is 7.47. The van der Waals surface area contributed by atoms with Gasteiger partial charge in [-0.15, -0.1) is 0 Å². The van der Waals surface area contributed by atoms with Crippen LogP contribution in [0.1, 0.15) is 25.4 Å². The summed E-state index contributed by atoms with van der Waals surface area (Å²) in [5.74, 6) is 8.21. The highest BCUT2D eigenvalue weighted by Crippen LogP contribution is 2.06. The average molecular weight is 224 g/mol. The molecule has 0 unspecified atom stereocenters. The third-order valence-corrected chi connectivity index (χ3v) is 2.00. The van der Waals surface area contributed by atoms with Crippen molar-refractivity contribution in [3.63, 3.8) is 0 Å². The summed E-state index contributed by atoms with van der Waals surface area (Å²) in [7, 11) is 0. The summed E-state index contributed by atoms with van der Waals surface area (Å²) in [4.78, 5) is 4.27. The van der Waals surface area contributed by atoms with E-state index in [1.165, 1.54) is 0 Å². The van der Waals surface area contributed by atoms with Crippen molar-refractivity contribution < 1.29 is 4.42 Å². The number of hydrogen-bond donors (Lipinski definition) is 3. The Morgan fingerprint density at radius 3 is 2.75 bits per heavy atom. The van der Waals surface area contributed by atoms with Crippen LogP contribution < -0.4 is 16.6 Å².